The molecule has 1 fully saturated rings. The first-order valence-corrected chi connectivity index (χ1v) is 5.94. The summed E-state index contributed by atoms with van der Waals surface area (Å²) in [5, 5.41) is 8.69. The van der Waals surface area contributed by atoms with Gasteiger partial charge in [-0.05, 0) is 32.7 Å². The van der Waals surface area contributed by atoms with Gasteiger partial charge in [-0.1, -0.05) is 19.3 Å². The van der Waals surface area contributed by atoms with Crippen LogP contribution in [-0.4, -0.2) is 41.8 Å². The summed E-state index contributed by atoms with van der Waals surface area (Å²) in [5.41, 5.74) is 0. The van der Waals surface area contributed by atoms with E-state index in [9.17, 15) is 4.79 Å². The normalized spacial score (nSPS) is 17.8. The minimum Gasteiger partial charge on any atom is -0.480 e. The van der Waals surface area contributed by atoms with Crippen molar-refractivity contribution in [3.05, 3.63) is 0 Å². The predicted octanol–water partition coefficient (Wildman–Crippen LogP) is 1.39. The molecule has 0 heterocycles. The summed E-state index contributed by atoms with van der Waals surface area (Å²) in [6.45, 7) is 2.32. The monoisotopic (exact) mass is 243 g/mol. The van der Waals surface area contributed by atoms with Crippen molar-refractivity contribution in [1.29, 1.82) is 0 Å². The molecule has 0 radical (unpaired) electrons. The quantitative estimate of drug-likeness (QED) is 0.807. The molecule has 0 aromatic carbocycles. The molecular weight excluding hydrogens is 222 g/mol. The summed E-state index contributed by atoms with van der Waals surface area (Å²) < 4.78 is 0. The zero-order valence-corrected chi connectivity index (χ0v) is 10.5. The number of hydrogen-bond acceptors (Lipinski definition) is 4. The van der Waals surface area contributed by atoms with Crippen LogP contribution in [0, 0.1) is 5.92 Å². The molecule has 17 heavy (non-hydrogen) atoms. The Morgan fingerprint density at radius 2 is 1.82 bits per heavy atom. The van der Waals surface area contributed by atoms with Crippen LogP contribution in [0.15, 0.2) is 0 Å². The van der Waals surface area contributed by atoms with E-state index in [0.717, 1.165) is 0 Å². The number of hydrogen-bond donors (Lipinski definition) is 1. The van der Waals surface area contributed by atoms with E-state index < -0.39 is 5.97 Å². The van der Waals surface area contributed by atoms with Gasteiger partial charge in [-0.3, -0.25) is 9.69 Å². The first kappa shape index (κ1) is 15.8. The van der Waals surface area contributed by atoms with Crippen LogP contribution < -0.4 is 0 Å². The molecule has 1 aliphatic rings. The van der Waals surface area contributed by atoms with Crippen molar-refractivity contribution in [3.8, 4) is 0 Å². The van der Waals surface area contributed by atoms with E-state index in [0.29, 0.717) is 12.0 Å². The Morgan fingerprint density at radius 3 is 2.24 bits per heavy atom. The minimum atomic E-state index is -0.727. The van der Waals surface area contributed by atoms with Gasteiger partial charge in [0, 0.05) is 6.04 Å². The predicted molar refractivity (Wildman–Crippen MR) is 61.3 cm³/mol. The van der Waals surface area contributed by atoms with Crippen LogP contribution in [0.2, 0.25) is 0 Å². The van der Waals surface area contributed by atoms with Gasteiger partial charge in [0.1, 0.15) is 0 Å². The number of carboxylic acids is 1. The molecule has 5 heteroatoms. The highest BCUT2D eigenvalue weighted by Gasteiger charge is 2.23. The van der Waals surface area contributed by atoms with Gasteiger partial charge in [0.15, 0.2) is 0 Å². The second-order valence-corrected chi connectivity index (χ2v) is 4.53. The first-order valence-electron chi connectivity index (χ1n) is 5.94. The molecule has 1 atom stereocenters. The standard InChI is InChI=1S/C11H21NO2.CO2/c1-9(12(2)8-11(13)14)10-6-4-3-5-7-10;2-1-3/h9-10H,3-8H2,1-2H3,(H,13,14);. The number of likely N-dealkylation sites (N-methyl/N-ethyl adjacent to an activating group) is 1. The molecule has 0 amide bonds. The fourth-order valence-electron chi connectivity index (χ4n) is 2.33. The first-order chi connectivity index (χ1) is 8.02. The van der Waals surface area contributed by atoms with Crippen molar-refractivity contribution in [1.82, 2.24) is 4.90 Å². The van der Waals surface area contributed by atoms with E-state index in [2.05, 4.69) is 6.92 Å². The van der Waals surface area contributed by atoms with E-state index in [4.69, 9.17) is 14.7 Å². The van der Waals surface area contributed by atoms with Crippen molar-refractivity contribution in [2.45, 2.75) is 45.1 Å². The molecular formula is C12H21NO4. The van der Waals surface area contributed by atoms with Crippen LogP contribution >= 0.6 is 0 Å². The lowest BCUT2D eigenvalue weighted by Crippen LogP contribution is -2.39. The molecule has 1 rings (SSSR count). The highest BCUT2D eigenvalue weighted by molar-refractivity contribution is 5.69. The largest absolute Gasteiger partial charge is 0.480 e. The third-order valence-electron chi connectivity index (χ3n) is 3.41. The van der Waals surface area contributed by atoms with Crippen LogP contribution in [0.4, 0.5) is 0 Å². The number of carboxylic acid groups (broad SMARTS) is 1. The maximum absolute atomic E-state index is 10.6. The highest BCUT2D eigenvalue weighted by Crippen LogP contribution is 2.28. The summed E-state index contributed by atoms with van der Waals surface area (Å²) in [5.74, 6) is -0.0248. The third kappa shape index (κ3) is 6.87. The fourth-order valence-corrected chi connectivity index (χ4v) is 2.33. The second-order valence-electron chi connectivity index (χ2n) is 4.53. The Morgan fingerprint density at radius 1 is 1.35 bits per heavy atom. The Balaban J connectivity index is 0.000000770. The summed E-state index contributed by atoms with van der Waals surface area (Å²) in [6, 6.07) is 0.409. The summed E-state index contributed by atoms with van der Waals surface area (Å²) >= 11 is 0. The summed E-state index contributed by atoms with van der Waals surface area (Å²) in [4.78, 5) is 28.8. The average Bonchev–Trinajstić information content (AvgIpc) is 2.29. The van der Waals surface area contributed by atoms with Crippen LogP contribution in [0.1, 0.15) is 39.0 Å². The van der Waals surface area contributed by atoms with Gasteiger partial charge < -0.3 is 5.11 Å². The molecule has 1 aliphatic carbocycles. The van der Waals surface area contributed by atoms with Crippen LogP contribution in [-0.2, 0) is 14.4 Å². The van der Waals surface area contributed by atoms with Gasteiger partial charge in [0.05, 0.1) is 6.54 Å². The third-order valence-corrected chi connectivity index (χ3v) is 3.41. The van der Waals surface area contributed by atoms with Crippen molar-refractivity contribution in [3.63, 3.8) is 0 Å². The Kier molecular flexibility index (Phi) is 8.28. The molecule has 1 unspecified atom stereocenters. The molecule has 1 saturated carbocycles. The molecule has 0 bridgehead atoms. The van der Waals surface area contributed by atoms with E-state index in [1.165, 1.54) is 32.1 Å². The number of carbonyl (C=O) groups is 1. The minimum absolute atomic E-state index is 0.164. The number of carbonyl (C=O) groups excluding carboxylic acids is 2. The molecule has 0 aromatic heterocycles. The summed E-state index contributed by atoms with van der Waals surface area (Å²) in [6.07, 6.45) is 6.77. The van der Waals surface area contributed by atoms with Gasteiger partial charge in [-0.2, -0.15) is 9.59 Å². The van der Waals surface area contributed by atoms with E-state index in [1.54, 1.807) is 0 Å². The van der Waals surface area contributed by atoms with E-state index in [1.807, 2.05) is 11.9 Å². The Bertz CT molecular complexity index is 255. The molecule has 0 spiro atoms. The van der Waals surface area contributed by atoms with Crippen LogP contribution in [0.5, 0.6) is 0 Å². The molecule has 0 saturated heterocycles. The van der Waals surface area contributed by atoms with Crippen LogP contribution in [0.25, 0.3) is 0 Å². The Hall–Kier alpha value is -1.19. The average molecular weight is 243 g/mol. The zero-order chi connectivity index (χ0) is 13.3. The van der Waals surface area contributed by atoms with Crippen molar-refractivity contribution >= 4 is 12.1 Å². The lowest BCUT2D eigenvalue weighted by molar-refractivity contribution is -0.191. The number of nitrogens with zero attached hydrogens (tertiary/aromatic N) is 1. The highest BCUT2D eigenvalue weighted by atomic mass is 16.4. The van der Waals surface area contributed by atoms with Gasteiger partial charge in [-0.25, -0.2) is 0 Å². The summed E-state index contributed by atoms with van der Waals surface area (Å²) in [7, 11) is 1.91. The van der Waals surface area contributed by atoms with Crippen molar-refractivity contribution in [2.75, 3.05) is 13.6 Å². The van der Waals surface area contributed by atoms with Crippen LogP contribution in [0.3, 0.4) is 0 Å². The smallest absolute Gasteiger partial charge is 0.373 e. The molecule has 1 N–H and O–H groups in total. The fraction of sp³-hybridized carbons (Fsp3) is 0.833. The zero-order valence-electron chi connectivity index (χ0n) is 10.5. The molecule has 98 valence electrons. The van der Waals surface area contributed by atoms with Gasteiger partial charge in [-0.15, -0.1) is 0 Å². The topological polar surface area (TPSA) is 74.7 Å². The number of aliphatic carboxylic acids is 1. The van der Waals surface area contributed by atoms with Crippen molar-refractivity contribution < 1.29 is 19.5 Å². The lowest BCUT2D eigenvalue weighted by Gasteiger charge is -2.33. The molecule has 0 aliphatic heterocycles. The lowest BCUT2D eigenvalue weighted by atomic mass is 9.84. The molecule has 0 aromatic rings. The van der Waals surface area contributed by atoms with E-state index in [-0.39, 0.29) is 12.7 Å². The maximum Gasteiger partial charge on any atom is 0.373 e. The SMILES string of the molecule is CC(C1CCCCC1)N(C)CC(=O)O.O=C=O. The maximum atomic E-state index is 10.6. The second kappa shape index (κ2) is 8.90. The number of rotatable bonds is 4. The van der Waals surface area contributed by atoms with Gasteiger partial charge in [0.25, 0.3) is 0 Å². The van der Waals surface area contributed by atoms with Gasteiger partial charge in [0.2, 0.25) is 0 Å². The van der Waals surface area contributed by atoms with E-state index >= 15 is 0 Å². The Labute approximate surface area is 102 Å². The van der Waals surface area contributed by atoms with Crippen molar-refractivity contribution in [2.24, 2.45) is 5.92 Å². The van der Waals surface area contributed by atoms with Gasteiger partial charge >= 0.3 is 12.1 Å². The molecule has 5 nitrogen and oxygen atoms in total.